The lowest BCUT2D eigenvalue weighted by Crippen LogP contribution is -2.45. The molecule has 0 saturated heterocycles. The maximum absolute atomic E-state index is 13.5. The molecule has 1 aliphatic heterocycles. The number of urea groups is 1. The zero-order valence-electron chi connectivity index (χ0n) is 14.8. The summed E-state index contributed by atoms with van der Waals surface area (Å²) in [5.74, 6) is -0.809. The first-order valence-electron chi connectivity index (χ1n) is 8.53. The summed E-state index contributed by atoms with van der Waals surface area (Å²) in [5, 5.41) is 4.95. The Morgan fingerprint density at radius 2 is 1.71 bits per heavy atom. The van der Waals surface area contributed by atoms with Crippen LogP contribution in [0.15, 0.2) is 60.2 Å². The third kappa shape index (κ3) is 3.85. The molecule has 2 aromatic carbocycles. The quantitative estimate of drug-likeness (QED) is 0.775. The highest BCUT2D eigenvalue weighted by Crippen LogP contribution is 2.39. The average molecular weight is 390 g/mol. The van der Waals surface area contributed by atoms with Crippen LogP contribution in [0, 0.1) is 0 Å². The molecule has 0 bridgehead atoms. The van der Waals surface area contributed by atoms with Crippen LogP contribution in [0.2, 0.25) is 0 Å². The SMILES string of the molecule is CCOC(=O)C1=C(c2ccccc2)NC(=O)N[C@H]1c1ccccc1C(F)(F)F. The number of esters is 1. The minimum Gasteiger partial charge on any atom is -0.463 e. The summed E-state index contributed by atoms with van der Waals surface area (Å²) in [7, 11) is 0. The van der Waals surface area contributed by atoms with E-state index in [2.05, 4.69) is 10.6 Å². The number of ether oxygens (including phenoxy) is 1. The van der Waals surface area contributed by atoms with Gasteiger partial charge in [0.1, 0.15) is 0 Å². The first-order valence-corrected chi connectivity index (χ1v) is 8.53. The molecule has 2 N–H and O–H groups in total. The molecule has 8 heteroatoms. The number of alkyl halides is 3. The molecule has 5 nitrogen and oxygen atoms in total. The van der Waals surface area contributed by atoms with Crippen LogP contribution >= 0.6 is 0 Å². The number of amides is 2. The zero-order chi connectivity index (χ0) is 20.3. The van der Waals surface area contributed by atoms with Gasteiger partial charge in [-0.3, -0.25) is 0 Å². The largest absolute Gasteiger partial charge is 0.463 e. The summed E-state index contributed by atoms with van der Waals surface area (Å²) < 4.78 is 45.7. The summed E-state index contributed by atoms with van der Waals surface area (Å²) in [4.78, 5) is 24.9. The van der Waals surface area contributed by atoms with Gasteiger partial charge in [-0.1, -0.05) is 48.5 Å². The summed E-state index contributed by atoms with van der Waals surface area (Å²) >= 11 is 0. The lowest BCUT2D eigenvalue weighted by Gasteiger charge is -2.31. The standard InChI is InChI=1S/C20H17F3N2O3/c1-2-28-18(26)15-16(12-8-4-3-5-9-12)24-19(27)25-17(15)13-10-6-7-11-14(13)20(21,22)23/h3-11,17H,2H2,1H3,(H2,24,25,27)/t17-/m0/s1. The Morgan fingerprint density at radius 3 is 2.36 bits per heavy atom. The van der Waals surface area contributed by atoms with E-state index in [4.69, 9.17) is 4.74 Å². The van der Waals surface area contributed by atoms with Gasteiger partial charge in [-0.2, -0.15) is 13.2 Å². The van der Waals surface area contributed by atoms with Crippen molar-refractivity contribution in [2.24, 2.45) is 0 Å². The lowest BCUT2D eigenvalue weighted by molar-refractivity contribution is -0.140. The monoisotopic (exact) mass is 390 g/mol. The highest BCUT2D eigenvalue weighted by molar-refractivity contribution is 6.04. The van der Waals surface area contributed by atoms with Crippen LogP contribution in [0.25, 0.3) is 5.70 Å². The number of carbonyl (C=O) groups excluding carboxylic acids is 2. The summed E-state index contributed by atoms with van der Waals surface area (Å²) in [6.45, 7) is 1.63. The number of hydrogen-bond donors (Lipinski definition) is 2. The Bertz CT molecular complexity index is 924. The van der Waals surface area contributed by atoms with Gasteiger partial charge in [0.05, 0.1) is 29.5 Å². The lowest BCUT2D eigenvalue weighted by atomic mass is 9.89. The Kier molecular flexibility index (Phi) is 5.39. The maximum Gasteiger partial charge on any atom is 0.416 e. The minimum atomic E-state index is -4.65. The van der Waals surface area contributed by atoms with Gasteiger partial charge >= 0.3 is 18.2 Å². The normalized spacial score (nSPS) is 17.0. The first-order chi connectivity index (χ1) is 13.3. The van der Waals surface area contributed by atoms with E-state index in [0.29, 0.717) is 5.56 Å². The fraction of sp³-hybridized carbons (Fsp3) is 0.200. The Labute approximate surface area is 159 Å². The van der Waals surface area contributed by atoms with Crippen molar-refractivity contribution in [3.63, 3.8) is 0 Å². The number of hydrogen-bond acceptors (Lipinski definition) is 3. The molecule has 0 aliphatic carbocycles. The van der Waals surface area contributed by atoms with Gasteiger partial charge in [-0.15, -0.1) is 0 Å². The molecule has 2 aromatic rings. The molecule has 0 saturated carbocycles. The van der Waals surface area contributed by atoms with Crippen LogP contribution in [0.4, 0.5) is 18.0 Å². The highest BCUT2D eigenvalue weighted by Gasteiger charge is 2.40. The van der Waals surface area contributed by atoms with Gasteiger partial charge in [0.15, 0.2) is 0 Å². The molecule has 1 aliphatic rings. The van der Waals surface area contributed by atoms with Crippen molar-refractivity contribution in [3.8, 4) is 0 Å². The zero-order valence-corrected chi connectivity index (χ0v) is 14.8. The van der Waals surface area contributed by atoms with E-state index in [9.17, 15) is 22.8 Å². The molecule has 0 fully saturated rings. The molecule has 0 aromatic heterocycles. The molecule has 1 atom stereocenters. The predicted molar refractivity (Wildman–Crippen MR) is 95.8 cm³/mol. The van der Waals surface area contributed by atoms with Crippen LogP contribution in [-0.2, 0) is 15.7 Å². The smallest absolute Gasteiger partial charge is 0.416 e. The summed E-state index contributed by atoms with van der Waals surface area (Å²) in [6.07, 6.45) is -4.65. The van der Waals surface area contributed by atoms with E-state index < -0.39 is 29.8 Å². The van der Waals surface area contributed by atoms with E-state index in [1.165, 1.54) is 18.2 Å². The van der Waals surface area contributed by atoms with E-state index in [-0.39, 0.29) is 23.4 Å². The van der Waals surface area contributed by atoms with Crippen LogP contribution in [0.3, 0.4) is 0 Å². The van der Waals surface area contributed by atoms with Crippen LogP contribution in [-0.4, -0.2) is 18.6 Å². The first kappa shape index (κ1) is 19.5. The van der Waals surface area contributed by atoms with Gasteiger partial charge in [-0.05, 0) is 24.1 Å². The van der Waals surface area contributed by atoms with Crippen LogP contribution in [0.1, 0.15) is 29.7 Å². The highest BCUT2D eigenvalue weighted by atomic mass is 19.4. The molecule has 146 valence electrons. The fourth-order valence-corrected chi connectivity index (χ4v) is 3.07. The van der Waals surface area contributed by atoms with Crippen molar-refractivity contribution in [1.29, 1.82) is 0 Å². The van der Waals surface area contributed by atoms with Crippen molar-refractivity contribution >= 4 is 17.7 Å². The van der Waals surface area contributed by atoms with E-state index in [1.807, 2.05) is 0 Å². The van der Waals surface area contributed by atoms with E-state index in [1.54, 1.807) is 37.3 Å². The van der Waals surface area contributed by atoms with Crippen molar-refractivity contribution in [3.05, 3.63) is 76.9 Å². The molecule has 3 rings (SSSR count). The summed E-state index contributed by atoms with van der Waals surface area (Å²) in [6, 6.07) is 11.2. The predicted octanol–water partition coefficient (Wildman–Crippen LogP) is 4.03. The topological polar surface area (TPSA) is 67.4 Å². The second-order valence-electron chi connectivity index (χ2n) is 5.99. The van der Waals surface area contributed by atoms with Crippen molar-refractivity contribution in [1.82, 2.24) is 10.6 Å². The number of carbonyl (C=O) groups is 2. The van der Waals surface area contributed by atoms with Gasteiger partial charge in [0, 0.05) is 0 Å². The number of nitrogens with one attached hydrogen (secondary N) is 2. The Hall–Kier alpha value is -3.29. The second kappa shape index (κ2) is 7.75. The van der Waals surface area contributed by atoms with E-state index >= 15 is 0 Å². The van der Waals surface area contributed by atoms with Crippen molar-refractivity contribution < 1.29 is 27.5 Å². The molecule has 0 unspecified atom stereocenters. The van der Waals surface area contributed by atoms with Crippen LogP contribution < -0.4 is 10.6 Å². The summed E-state index contributed by atoms with van der Waals surface area (Å²) in [5.41, 5.74) is -0.665. The number of halogens is 3. The molecule has 2 amide bonds. The molecule has 0 radical (unpaired) electrons. The van der Waals surface area contributed by atoms with E-state index in [0.717, 1.165) is 6.07 Å². The van der Waals surface area contributed by atoms with Gasteiger partial charge in [-0.25, -0.2) is 9.59 Å². The Morgan fingerprint density at radius 1 is 1.07 bits per heavy atom. The Balaban J connectivity index is 2.25. The molecular weight excluding hydrogens is 373 g/mol. The third-order valence-electron chi connectivity index (χ3n) is 4.21. The third-order valence-corrected chi connectivity index (χ3v) is 4.21. The molecular formula is C20H17F3N2O3. The van der Waals surface area contributed by atoms with Gasteiger partial charge in [0.25, 0.3) is 0 Å². The maximum atomic E-state index is 13.5. The fourth-order valence-electron chi connectivity index (χ4n) is 3.07. The average Bonchev–Trinajstić information content (AvgIpc) is 2.67. The minimum absolute atomic E-state index is 0.0337. The number of benzene rings is 2. The van der Waals surface area contributed by atoms with Crippen LogP contribution in [0.5, 0.6) is 0 Å². The van der Waals surface area contributed by atoms with Gasteiger partial charge in [0.2, 0.25) is 0 Å². The van der Waals surface area contributed by atoms with Crippen molar-refractivity contribution in [2.45, 2.75) is 19.1 Å². The number of rotatable bonds is 4. The van der Waals surface area contributed by atoms with Crippen molar-refractivity contribution in [2.75, 3.05) is 6.61 Å². The molecule has 1 heterocycles. The van der Waals surface area contributed by atoms with Gasteiger partial charge < -0.3 is 15.4 Å². The molecule has 0 spiro atoms. The molecule has 28 heavy (non-hydrogen) atoms. The second-order valence-corrected chi connectivity index (χ2v) is 5.99.